The Morgan fingerprint density at radius 2 is 1.45 bits per heavy atom. The van der Waals surface area contributed by atoms with E-state index in [0.29, 0.717) is 0 Å². The lowest BCUT2D eigenvalue weighted by Gasteiger charge is -2.18. The molecule has 0 N–H and O–H groups in total. The third-order valence-electron chi connectivity index (χ3n) is 3.96. The Kier molecular flexibility index (Phi) is 10.5. The highest BCUT2D eigenvalue weighted by molar-refractivity contribution is 5.26. The highest BCUT2D eigenvalue weighted by atomic mass is 14.4. The Labute approximate surface area is 128 Å². The molecule has 0 nitrogen and oxygen atoms in total. The molecule has 0 aromatic heterocycles. The lowest BCUT2D eigenvalue weighted by Crippen LogP contribution is -2.04. The summed E-state index contributed by atoms with van der Waals surface area (Å²) in [5.41, 5.74) is 2.94. The summed E-state index contributed by atoms with van der Waals surface area (Å²) in [6.07, 6.45) is 5.40. The zero-order valence-electron chi connectivity index (χ0n) is 14.9. The fourth-order valence-electron chi connectivity index (χ4n) is 3.08. The minimum absolute atomic E-state index is 0.825. The molecule has 0 radical (unpaired) electrons. The van der Waals surface area contributed by atoms with Crippen molar-refractivity contribution in [3.8, 4) is 0 Å². The molecule has 20 heavy (non-hydrogen) atoms. The fourth-order valence-corrected chi connectivity index (χ4v) is 3.08. The monoisotopic (exact) mass is 276 g/mol. The van der Waals surface area contributed by atoms with E-state index in [1.807, 2.05) is 13.8 Å². The van der Waals surface area contributed by atoms with Crippen molar-refractivity contribution in [3.63, 3.8) is 0 Å². The number of benzene rings is 1. The Bertz CT molecular complexity index is 322. The van der Waals surface area contributed by atoms with Gasteiger partial charge in [0.2, 0.25) is 0 Å². The van der Waals surface area contributed by atoms with Gasteiger partial charge in [0.25, 0.3) is 0 Å². The van der Waals surface area contributed by atoms with Gasteiger partial charge in [-0.15, -0.1) is 0 Å². The SMILES string of the molecule is CC.CCC.CCC1C[C@@H](C)CC1c1ccc(C)cc1. The first-order valence-corrected chi connectivity index (χ1v) is 8.68. The molecule has 0 heterocycles. The fraction of sp³-hybridized carbons (Fsp3) is 0.700. The normalized spacial score (nSPS) is 24.2. The van der Waals surface area contributed by atoms with E-state index in [4.69, 9.17) is 0 Å². The highest BCUT2D eigenvalue weighted by Gasteiger charge is 2.31. The second kappa shape index (κ2) is 10.9. The minimum atomic E-state index is 0.825. The Balaban J connectivity index is 0.000000641. The number of hydrogen-bond acceptors (Lipinski definition) is 0. The summed E-state index contributed by atoms with van der Waals surface area (Å²) in [6, 6.07) is 9.18. The largest absolute Gasteiger partial charge is 0.0683 e. The highest BCUT2D eigenvalue weighted by Crippen LogP contribution is 2.44. The van der Waals surface area contributed by atoms with E-state index >= 15 is 0 Å². The summed E-state index contributed by atoms with van der Waals surface area (Å²) in [5, 5.41) is 0. The molecule has 2 unspecified atom stereocenters. The van der Waals surface area contributed by atoms with Crippen molar-refractivity contribution in [1.29, 1.82) is 0 Å². The smallest absolute Gasteiger partial charge is 0.0131 e. The van der Waals surface area contributed by atoms with E-state index in [1.54, 1.807) is 5.56 Å². The van der Waals surface area contributed by atoms with Crippen LogP contribution in [0.4, 0.5) is 0 Å². The van der Waals surface area contributed by atoms with Gasteiger partial charge in [0.05, 0.1) is 0 Å². The summed E-state index contributed by atoms with van der Waals surface area (Å²) in [4.78, 5) is 0. The molecule has 1 fully saturated rings. The molecule has 0 bridgehead atoms. The van der Waals surface area contributed by atoms with Crippen LogP contribution in [0.1, 0.15) is 84.3 Å². The minimum Gasteiger partial charge on any atom is -0.0683 e. The van der Waals surface area contributed by atoms with E-state index in [1.165, 1.54) is 31.2 Å². The molecular weight excluding hydrogens is 240 g/mol. The molecule has 0 heteroatoms. The van der Waals surface area contributed by atoms with E-state index in [0.717, 1.165) is 17.8 Å². The molecule has 0 saturated heterocycles. The average molecular weight is 277 g/mol. The average Bonchev–Trinajstić information content (AvgIpc) is 2.84. The van der Waals surface area contributed by atoms with E-state index < -0.39 is 0 Å². The first-order chi connectivity index (χ1) is 9.62. The molecule has 1 aliphatic carbocycles. The molecule has 2 rings (SSSR count). The molecule has 3 atom stereocenters. The summed E-state index contributed by atoms with van der Waals surface area (Å²) in [7, 11) is 0. The van der Waals surface area contributed by atoms with Crippen LogP contribution in [0, 0.1) is 18.8 Å². The van der Waals surface area contributed by atoms with Crippen LogP contribution in [0.3, 0.4) is 0 Å². The maximum Gasteiger partial charge on any atom is -0.0131 e. The Morgan fingerprint density at radius 3 is 1.90 bits per heavy atom. The van der Waals surface area contributed by atoms with Crippen molar-refractivity contribution in [2.24, 2.45) is 11.8 Å². The van der Waals surface area contributed by atoms with Gasteiger partial charge < -0.3 is 0 Å². The van der Waals surface area contributed by atoms with Crippen molar-refractivity contribution in [2.45, 2.75) is 80.1 Å². The van der Waals surface area contributed by atoms with Crippen LogP contribution in [0.2, 0.25) is 0 Å². The first-order valence-electron chi connectivity index (χ1n) is 8.68. The van der Waals surface area contributed by atoms with Crippen LogP contribution in [-0.2, 0) is 0 Å². The van der Waals surface area contributed by atoms with Crippen LogP contribution in [0.15, 0.2) is 24.3 Å². The van der Waals surface area contributed by atoms with Crippen LogP contribution in [0.5, 0.6) is 0 Å². The second-order valence-corrected chi connectivity index (χ2v) is 5.97. The summed E-state index contributed by atoms with van der Waals surface area (Å²) in [6.45, 7) is 15.2. The molecule has 1 aliphatic rings. The molecule has 116 valence electrons. The molecule has 1 aromatic carbocycles. The van der Waals surface area contributed by atoms with Crippen molar-refractivity contribution < 1.29 is 0 Å². The predicted molar refractivity (Wildman–Crippen MR) is 93.4 cm³/mol. The van der Waals surface area contributed by atoms with Crippen LogP contribution >= 0.6 is 0 Å². The van der Waals surface area contributed by atoms with Gasteiger partial charge >= 0.3 is 0 Å². The Morgan fingerprint density at radius 1 is 0.950 bits per heavy atom. The van der Waals surface area contributed by atoms with Crippen molar-refractivity contribution in [1.82, 2.24) is 0 Å². The van der Waals surface area contributed by atoms with Gasteiger partial charge in [0.1, 0.15) is 0 Å². The van der Waals surface area contributed by atoms with Gasteiger partial charge in [-0.1, -0.05) is 84.2 Å². The molecule has 0 spiro atoms. The molecule has 1 saturated carbocycles. The van der Waals surface area contributed by atoms with Crippen molar-refractivity contribution in [2.75, 3.05) is 0 Å². The Hall–Kier alpha value is -0.780. The van der Waals surface area contributed by atoms with Gasteiger partial charge in [-0.25, -0.2) is 0 Å². The van der Waals surface area contributed by atoms with Crippen LogP contribution in [0.25, 0.3) is 0 Å². The van der Waals surface area contributed by atoms with Gasteiger partial charge in [-0.2, -0.15) is 0 Å². The summed E-state index contributed by atoms with van der Waals surface area (Å²) >= 11 is 0. The van der Waals surface area contributed by atoms with E-state index in [2.05, 4.69) is 58.9 Å². The van der Waals surface area contributed by atoms with Gasteiger partial charge in [0, 0.05) is 0 Å². The van der Waals surface area contributed by atoms with E-state index in [-0.39, 0.29) is 0 Å². The summed E-state index contributed by atoms with van der Waals surface area (Å²) < 4.78 is 0. The van der Waals surface area contributed by atoms with Gasteiger partial charge in [-0.05, 0) is 43.1 Å². The van der Waals surface area contributed by atoms with Crippen molar-refractivity contribution in [3.05, 3.63) is 35.4 Å². The molecule has 1 aromatic rings. The molecule has 0 aliphatic heterocycles. The zero-order chi connectivity index (χ0) is 15.5. The first kappa shape index (κ1) is 19.2. The maximum absolute atomic E-state index is 2.40. The quantitative estimate of drug-likeness (QED) is 0.546. The number of aryl methyl sites for hydroxylation is 1. The molecule has 0 amide bonds. The lowest BCUT2D eigenvalue weighted by molar-refractivity contribution is 0.463. The maximum atomic E-state index is 2.40. The zero-order valence-corrected chi connectivity index (χ0v) is 14.9. The topological polar surface area (TPSA) is 0 Å². The number of hydrogen-bond donors (Lipinski definition) is 0. The van der Waals surface area contributed by atoms with Gasteiger partial charge in [0.15, 0.2) is 0 Å². The third-order valence-corrected chi connectivity index (χ3v) is 3.96. The van der Waals surface area contributed by atoms with Crippen molar-refractivity contribution >= 4 is 0 Å². The van der Waals surface area contributed by atoms with Gasteiger partial charge in [-0.3, -0.25) is 0 Å². The standard InChI is InChI=1S/C15H22.C3H8.C2H6/c1-4-13-9-12(3)10-15(13)14-7-5-11(2)6-8-14;1-3-2;1-2/h5-8,12-13,15H,4,9-10H2,1-3H3;3H2,1-2H3;1-2H3/t12-,13?,15?;;/m1../s1. The lowest BCUT2D eigenvalue weighted by atomic mass is 9.87. The van der Waals surface area contributed by atoms with E-state index in [9.17, 15) is 0 Å². The second-order valence-electron chi connectivity index (χ2n) is 5.97. The predicted octanol–water partition coefficient (Wildman–Crippen LogP) is 6.98. The molecular formula is C20H36. The third kappa shape index (κ3) is 6.11. The summed E-state index contributed by atoms with van der Waals surface area (Å²) in [5.74, 6) is 2.66. The van der Waals surface area contributed by atoms with Crippen LogP contribution in [-0.4, -0.2) is 0 Å². The van der Waals surface area contributed by atoms with Crippen LogP contribution < -0.4 is 0 Å². The number of rotatable bonds is 2.